The Morgan fingerprint density at radius 3 is 2.83 bits per heavy atom. The minimum Gasteiger partial charge on any atom is -0.337 e. The predicted molar refractivity (Wildman–Crippen MR) is 70.8 cm³/mol. The molecule has 18 heavy (non-hydrogen) atoms. The first-order chi connectivity index (χ1) is 8.58. The number of carbonyl (C=O) groups excluding carboxylic acids is 1. The van der Waals surface area contributed by atoms with Crippen molar-refractivity contribution < 1.29 is 4.79 Å². The number of halogens is 2. The van der Waals surface area contributed by atoms with Gasteiger partial charge in [-0.2, -0.15) is 5.10 Å². The van der Waals surface area contributed by atoms with E-state index in [0.29, 0.717) is 22.2 Å². The molecule has 0 bridgehead atoms. The highest BCUT2D eigenvalue weighted by molar-refractivity contribution is 6.35. The zero-order chi connectivity index (χ0) is 13.1. The van der Waals surface area contributed by atoms with Gasteiger partial charge in [-0.25, -0.2) is 0 Å². The lowest BCUT2D eigenvalue weighted by Crippen LogP contribution is -2.25. The summed E-state index contributed by atoms with van der Waals surface area (Å²) in [6.07, 6.45) is 3.05. The predicted octanol–water partition coefficient (Wildman–Crippen LogP) is 2.99. The molecule has 0 aliphatic carbocycles. The van der Waals surface area contributed by atoms with Gasteiger partial charge in [0.05, 0.1) is 11.8 Å². The van der Waals surface area contributed by atoms with Gasteiger partial charge in [-0.15, -0.1) is 0 Å². The Bertz CT molecular complexity index is 554. The number of hydrogen-bond donors (Lipinski definition) is 1. The topological polar surface area (TPSA) is 49.0 Å². The fourth-order valence-electron chi connectivity index (χ4n) is 1.57. The summed E-state index contributed by atoms with van der Waals surface area (Å²) in [5.74, 6) is -0.116. The molecule has 6 heteroatoms. The van der Waals surface area contributed by atoms with E-state index in [1.807, 2.05) is 6.07 Å². The largest absolute Gasteiger partial charge is 0.337 e. The molecule has 0 aliphatic rings. The van der Waals surface area contributed by atoms with Gasteiger partial charge in [0, 0.05) is 29.8 Å². The van der Waals surface area contributed by atoms with E-state index in [0.717, 1.165) is 5.56 Å². The maximum atomic E-state index is 12.0. The second kappa shape index (κ2) is 5.42. The molecular weight excluding hydrogens is 273 g/mol. The Morgan fingerprint density at radius 1 is 1.44 bits per heavy atom. The van der Waals surface area contributed by atoms with E-state index < -0.39 is 0 Å². The van der Waals surface area contributed by atoms with Crippen molar-refractivity contribution in [1.29, 1.82) is 0 Å². The van der Waals surface area contributed by atoms with Crippen LogP contribution in [0.1, 0.15) is 15.9 Å². The van der Waals surface area contributed by atoms with Crippen molar-refractivity contribution in [3.8, 4) is 0 Å². The molecule has 1 aromatic heterocycles. The van der Waals surface area contributed by atoms with Crippen LogP contribution in [0.5, 0.6) is 0 Å². The molecule has 4 nitrogen and oxygen atoms in total. The van der Waals surface area contributed by atoms with Gasteiger partial charge in [0.1, 0.15) is 0 Å². The summed E-state index contributed by atoms with van der Waals surface area (Å²) in [6.45, 7) is 0.417. The standard InChI is InChI=1S/C12H11Cl2N3O/c1-17(12(18)9-5-15-16-6-9)7-8-2-3-10(13)4-11(8)14/h2-6H,7H2,1H3,(H,15,16). The number of benzene rings is 1. The second-order valence-corrected chi connectivity index (χ2v) is 4.73. The Hall–Kier alpha value is -1.52. The Balaban J connectivity index is 2.11. The van der Waals surface area contributed by atoms with E-state index in [1.165, 1.54) is 6.20 Å². The van der Waals surface area contributed by atoms with Crippen molar-refractivity contribution in [1.82, 2.24) is 15.1 Å². The van der Waals surface area contributed by atoms with Gasteiger partial charge in [0.25, 0.3) is 5.91 Å². The number of nitrogens with one attached hydrogen (secondary N) is 1. The monoisotopic (exact) mass is 283 g/mol. The molecule has 0 spiro atoms. The van der Waals surface area contributed by atoms with E-state index in [-0.39, 0.29) is 5.91 Å². The van der Waals surface area contributed by atoms with Gasteiger partial charge in [0.2, 0.25) is 0 Å². The molecule has 0 saturated heterocycles. The second-order valence-electron chi connectivity index (χ2n) is 3.88. The molecule has 0 atom stereocenters. The first-order valence-electron chi connectivity index (χ1n) is 5.26. The average molecular weight is 284 g/mol. The normalized spacial score (nSPS) is 10.4. The molecule has 94 valence electrons. The van der Waals surface area contributed by atoms with Crippen LogP contribution in [0.4, 0.5) is 0 Å². The number of aromatic amines is 1. The van der Waals surface area contributed by atoms with Crippen LogP contribution in [0, 0.1) is 0 Å². The lowest BCUT2D eigenvalue weighted by Gasteiger charge is -2.17. The van der Waals surface area contributed by atoms with Crippen LogP contribution in [0.2, 0.25) is 10.0 Å². The van der Waals surface area contributed by atoms with Crippen LogP contribution in [-0.2, 0) is 6.54 Å². The van der Waals surface area contributed by atoms with E-state index >= 15 is 0 Å². The maximum Gasteiger partial charge on any atom is 0.257 e. The number of aromatic nitrogens is 2. The number of H-pyrrole nitrogens is 1. The number of amides is 1. The zero-order valence-electron chi connectivity index (χ0n) is 9.65. The van der Waals surface area contributed by atoms with Crippen LogP contribution >= 0.6 is 23.2 Å². The minimum atomic E-state index is -0.116. The number of hydrogen-bond acceptors (Lipinski definition) is 2. The van der Waals surface area contributed by atoms with Crippen molar-refractivity contribution in [2.75, 3.05) is 7.05 Å². The van der Waals surface area contributed by atoms with Crippen LogP contribution in [0.25, 0.3) is 0 Å². The Morgan fingerprint density at radius 2 is 2.22 bits per heavy atom. The summed E-state index contributed by atoms with van der Waals surface area (Å²) in [5, 5.41) is 7.48. The van der Waals surface area contributed by atoms with Crippen molar-refractivity contribution in [2.45, 2.75) is 6.54 Å². The average Bonchev–Trinajstić information content (AvgIpc) is 2.85. The molecule has 2 rings (SSSR count). The molecule has 0 unspecified atom stereocenters. The lowest BCUT2D eigenvalue weighted by atomic mass is 10.2. The molecule has 1 amide bonds. The molecule has 0 saturated carbocycles. The van der Waals surface area contributed by atoms with Crippen molar-refractivity contribution in [2.24, 2.45) is 0 Å². The molecule has 2 aromatic rings. The number of rotatable bonds is 3. The number of nitrogens with zero attached hydrogens (tertiary/aromatic N) is 2. The quantitative estimate of drug-likeness (QED) is 0.942. The maximum absolute atomic E-state index is 12.0. The zero-order valence-corrected chi connectivity index (χ0v) is 11.2. The number of carbonyl (C=O) groups is 1. The van der Waals surface area contributed by atoms with Crippen LogP contribution < -0.4 is 0 Å². The van der Waals surface area contributed by atoms with Crippen LogP contribution in [0.15, 0.2) is 30.6 Å². The van der Waals surface area contributed by atoms with Gasteiger partial charge in [-0.1, -0.05) is 29.3 Å². The third kappa shape index (κ3) is 2.83. The molecule has 1 aromatic carbocycles. The molecule has 0 aliphatic heterocycles. The first kappa shape index (κ1) is 12.9. The fourth-order valence-corrected chi connectivity index (χ4v) is 2.03. The summed E-state index contributed by atoms with van der Waals surface area (Å²) < 4.78 is 0. The summed E-state index contributed by atoms with van der Waals surface area (Å²) in [6, 6.07) is 5.22. The molecule has 1 heterocycles. The molecule has 0 fully saturated rings. The van der Waals surface area contributed by atoms with Crippen LogP contribution in [-0.4, -0.2) is 28.1 Å². The smallest absolute Gasteiger partial charge is 0.257 e. The van der Waals surface area contributed by atoms with Crippen LogP contribution in [0.3, 0.4) is 0 Å². The Kier molecular flexibility index (Phi) is 3.89. The molecule has 0 radical (unpaired) electrons. The van der Waals surface area contributed by atoms with Crippen molar-refractivity contribution in [3.63, 3.8) is 0 Å². The molecule has 1 N–H and O–H groups in total. The van der Waals surface area contributed by atoms with Crippen molar-refractivity contribution >= 4 is 29.1 Å². The van der Waals surface area contributed by atoms with Gasteiger partial charge >= 0.3 is 0 Å². The third-order valence-electron chi connectivity index (χ3n) is 2.51. The van der Waals surface area contributed by atoms with Crippen molar-refractivity contribution in [3.05, 3.63) is 51.8 Å². The van der Waals surface area contributed by atoms with E-state index in [1.54, 1.807) is 30.3 Å². The first-order valence-corrected chi connectivity index (χ1v) is 6.01. The summed E-state index contributed by atoms with van der Waals surface area (Å²) in [4.78, 5) is 13.6. The summed E-state index contributed by atoms with van der Waals surface area (Å²) in [5.41, 5.74) is 1.36. The lowest BCUT2D eigenvalue weighted by molar-refractivity contribution is 0.0785. The van der Waals surface area contributed by atoms with E-state index in [9.17, 15) is 4.79 Å². The van der Waals surface area contributed by atoms with E-state index in [2.05, 4.69) is 10.2 Å². The molecular formula is C12H11Cl2N3O. The summed E-state index contributed by atoms with van der Waals surface area (Å²) in [7, 11) is 1.71. The third-order valence-corrected chi connectivity index (χ3v) is 3.10. The van der Waals surface area contributed by atoms with Gasteiger partial charge in [-0.05, 0) is 17.7 Å². The summed E-state index contributed by atoms with van der Waals surface area (Å²) >= 11 is 11.9. The minimum absolute atomic E-state index is 0.116. The highest BCUT2D eigenvalue weighted by atomic mass is 35.5. The van der Waals surface area contributed by atoms with E-state index in [4.69, 9.17) is 23.2 Å². The van der Waals surface area contributed by atoms with Gasteiger partial charge in [0.15, 0.2) is 0 Å². The SMILES string of the molecule is CN(Cc1ccc(Cl)cc1Cl)C(=O)c1cn[nH]c1. The van der Waals surface area contributed by atoms with Gasteiger partial charge < -0.3 is 4.90 Å². The van der Waals surface area contributed by atoms with Gasteiger partial charge in [-0.3, -0.25) is 9.89 Å². The Labute approximate surface area is 115 Å². The highest BCUT2D eigenvalue weighted by Gasteiger charge is 2.14. The fraction of sp³-hybridized carbons (Fsp3) is 0.167. The highest BCUT2D eigenvalue weighted by Crippen LogP contribution is 2.22.